The van der Waals surface area contributed by atoms with E-state index in [1.54, 1.807) is 6.07 Å². The van der Waals surface area contributed by atoms with E-state index in [1.807, 2.05) is 54.6 Å². The van der Waals surface area contributed by atoms with Gasteiger partial charge >= 0.3 is 7.12 Å². The van der Waals surface area contributed by atoms with Crippen molar-refractivity contribution in [3.05, 3.63) is 84.9 Å². The summed E-state index contributed by atoms with van der Waals surface area (Å²) in [7, 11) is -1.50. The standard InChI is InChI=1S/C24H16BNO3/c27-25(28)15-12-13-20-18(14-15)16-6-1-3-8-19(16)26(20)21-9-5-11-23-24(21)17-7-2-4-10-22(17)29-23/h1-14,27-28H. The quantitative estimate of drug-likeness (QED) is 0.441. The minimum absolute atomic E-state index is 0.479. The Hall–Kier alpha value is -3.54. The lowest BCUT2D eigenvalue weighted by molar-refractivity contribution is 0.426. The van der Waals surface area contributed by atoms with Crippen LogP contribution in [0, 0.1) is 0 Å². The van der Waals surface area contributed by atoms with Gasteiger partial charge in [0.25, 0.3) is 0 Å². The zero-order valence-corrected chi connectivity index (χ0v) is 15.4. The molecule has 0 aliphatic carbocycles. The molecule has 0 atom stereocenters. The largest absolute Gasteiger partial charge is 0.488 e. The molecule has 0 bridgehead atoms. The first kappa shape index (κ1) is 16.4. The number of para-hydroxylation sites is 2. The van der Waals surface area contributed by atoms with Gasteiger partial charge in [0.15, 0.2) is 0 Å². The van der Waals surface area contributed by atoms with E-state index in [-0.39, 0.29) is 0 Å². The van der Waals surface area contributed by atoms with Crippen molar-refractivity contribution in [1.82, 2.24) is 4.57 Å². The van der Waals surface area contributed by atoms with E-state index in [0.29, 0.717) is 5.46 Å². The first-order valence-electron chi connectivity index (χ1n) is 9.52. The zero-order valence-electron chi connectivity index (χ0n) is 15.4. The van der Waals surface area contributed by atoms with Crippen LogP contribution in [0.5, 0.6) is 0 Å². The van der Waals surface area contributed by atoms with Crippen LogP contribution < -0.4 is 5.46 Å². The van der Waals surface area contributed by atoms with Gasteiger partial charge in [-0.3, -0.25) is 0 Å². The van der Waals surface area contributed by atoms with Crippen molar-refractivity contribution >= 4 is 56.3 Å². The molecule has 0 fully saturated rings. The molecule has 2 aromatic heterocycles. The van der Waals surface area contributed by atoms with Gasteiger partial charge in [-0.05, 0) is 35.8 Å². The second kappa shape index (κ2) is 5.98. The molecule has 0 radical (unpaired) electrons. The second-order valence-corrected chi connectivity index (χ2v) is 7.25. The maximum absolute atomic E-state index is 9.65. The van der Waals surface area contributed by atoms with Gasteiger partial charge in [-0.2, -0.15) is 0 Å². The van der Waals surface area contributed by atoms with Crippen LogP contribution in [0.15, 0.2) is 89.3 Å². The number of aromatic nitrogens is 1. The maximum atomic E-state index is 9.65. The molecule has 4 aromatic carbocycles. The van der Waals surface area contributed by atoms with Crippen LogP contribution in [0.1, 0.15) is 0 Å². The summed E-state index contributed by atoms with van der Waals surface area (Å²) in [5.74, 6) is 0. The summed E-state index contributed by atoms with van der Waals surface area (Å²) < 4.78 is 8.31. The fraction of sp³-hybridized carbons (Fsp3) is 0. The molecule has 29 heavy (non-hydrogen) atoms. The Labute approximate surface area is 166 Å². The third kappa shape index (κ3) is 2.29. The molecule has 0 amide bonds. The minimum atomic E-state index is -1.50. The molecule has 0 aliphatic heterocycles. The number of nitrogens with zero attached hydrogens (tertiary/aromatic N) is 1. The molecule has 0 spiro atoms. The van der Waals surface area contributed by atoms with Crippen LogP contribution in [0.25, 0.3) is 49.4 Å². The van der Waals surface area contributed by atoms with Crippen LogP contribution in [0.3, 0.4) is 0 Å². The molecule has 5 heteroatoms. The van der Waals surface area contributed by atoms with Crippen molar-refractivity contribution in [3.8, 4) is 5.69 Å². The smallest absolute Gasteiger partial charge is 0.456 e. The van der Waals surface area contributed by atoms with Crippen molar-refractivity contribution in [3.63, 3.8) is 0 Å². The van der Waals surface area contributed by atoms with E-state index in [2.05, 4.69) is 28.8 Å². The third-order valence-corrected chi connectivity index (χ3v) is 5.62. The molecule has 2 heterocycles. The van der Waals surface area contributed by atoms with Crippen LogP contribution in [-0.2, 0) is 0 Å². The summed E-state index contributed by atoms with van der Waals surface area (Å²) in [6.45, 7) is 0. The molecule has 4 nitrogen and oxygen atoms in total. The zero-order chi connectivity index (χ0) is 19.5. The fourth-order valence-electron chi connectivity index (χ4n) is 4.35. The van der Waals surface area contributed by atoms with Gasteiger partial charge < -0.3 is 19.0 Å². The van der Waals surface area contributed by atoms with E-state index >= 15 is 0 Å². The number of furan rings is 1. The van der Waals surface area contributed by atoms with Gasteiger partial charge in [0.05, 0.1) is 22.1 Å². The summed E-state index contributed by atoms with van der Waals surface area (Å²) in [5.41, 5.74) is 5.29. The summed E-state index contributed by atoms with van der Waals surface area (Å²) in [5, 5.41) is 23.5. The fourth-order valence-corrected chi connectivity index (χ4v) is 4.35. The second-order valence-electron chi connectivity index (χ2n) is 7.25. The van der Waals surface area contributed by atoms with E-state index in [9.17, 15) is 10.0 Å². The summed E-state index contributed by atoms with van der Waals surface area (Å²) >= 11 is 0. The van der Waals surface area contributed by atoms with Crippen LogP contribution in [0.2, 0.25) is 0 Å². The number of fused-ring (bicyclic) bond motifs is 6. The molecule has 2 N–H and O–H groups in total. The first-order valence-corrected chi connectivity index (χ1v) is 9.52. The van der Waals surface area contributed by atoms with Gasteiger partial charge in [-0.25, -0.2) is 0 Å². The lowest BCUT2D eigenvalue weighted by Gasteiger charge is -2.10. The molecular formula is C24H16BNO3. The molecule has 138 valence electrons. The maximum Gasteiger partial charge on any atom is 0.488 e. The Bertz CT molecular complexity index is 1540. The molecule has 0 saturated carbocycles. The van der Waals surface area contributed by atoms with Gasteiger partial charge in [-0.1, -0.05) is 54.6 Å². The first-order chi connectivity index (χ1) is 14.2. The molecular weight excluding hydrogens is 361 g/mol. The highest BCUT2D eigenvalue weighted by Gasteiger charge is 2.19. The lowest BCUT2D eigenvalue weighted by Crippen LogP contribution is -2.29. The molecule has 0 aliphatic rings. The average molecular weight is 377 g/mol. The van der Waals surface area contributed by atoms with E-state index in [1.165, 1.54) is 0 Å². The van der Waals surface area contributed by atoms with Crippen LogP contribution in [0.4, 0.5) is 0 Å². The normalized spacial score (nSPS) is 11.8. The summed E-state index contributed by atoms with van der Waals surface area (Å²) in [6, 6.07) is 27.9. The monoisotopic (exact) mass is 377 g/mol. The Balaban J connectivity index is 1.80. The Morgan fingerprint density at radius 2 is 1.38 bits per heavy atom. The minimum Gasteiger partial charge on any atom is -0.456 e. The number of hydrogen-bond acceptors (Lipinski definition) is 3. The molecule has 6 rings (SSSR count). The molecule has 6 aromatic rings. The number of benzene rings is 4. The van der Waals surface area contributed by atoms with Crippen molar-refractivity contribution in [2.75, 3.05) is 0 Å². The van der Waals surface area contributed by atoms with Crippen LogP contribution in [-0.4, -0.2) is 21.7 Å². The van der Waals surface area contributed by atoms with Crippen molar-refractivity contribution in [1.29, 1.82) is 0 Å². The van der Waals surface area contributed by atoms with Crippen molar-refractivity contribution in [2.24, 2.45) is 0 Å². The number of rotatable bonds is 2. The molecule has 0 saturated heterocycles. The third-order valence-electron chi connectivity index (χ3n) is 5.62. The van der Waals surface area contributed by atoms with Gasteiger partial charge in [0, 0.05) is 16.2 Å². The van der Waals surface area contributed by atoms with Gasteiger partial charge in [0.2, 0.25) is 0 Å². The van der Waals surface area contributed by atoms with Gasteiger partial charge in [-0.15, -0.1) is 0 Å². The number of hydrogen-bond donors (Lipinski definition) is 2. The summed E-state index contributed by atoms with van der Waals surface area (Å²) in [6.07, 6.45) is 0. The Morgan fingerprint density at radius 1 is 0.655 bits per heavy atom. The van der Waals surface area contributed by atoms with Crippen LogP contribution >= 0.6 is 0 Å². The lowest BCUT2D eigenvalue weighted by atomic mass is 9.80. The van der Waals surface area contributed by atoms with E-state index in [4.69, 9.17) is 4.42 Å². The van der Waals surface area contributed by atoms with Crippen molar-refractivity contribution < 1.29 is 14.5 Å². The Morgan fingerprint density at radius 3 is 2.24 bits per heavy atom. The van der Waals surface area contributed by atoms with Crippen molar-refractivity contribution in [2.45, 2.75) is 0 Å². The van der Waals surface area contributed by atoms with E-state index < -0.39 is 7.12 Å². The predicted molar refractivity (Wildman–Crippen MR) is 118 cm³/mol. The van der Waals surface area contributed by atoms with E-state index in [0.717, 1.165) is 49.4 Å². The highest BCUT2D eigenvalue weighted by molar-refractivity contribution is 6.59. The highest BCUT2D eigenvalue weighted by Crippen LogP contribution is 2.38. The average Bonchev–Trinajstić information content (AvgIpc) is 3.29. The Kier molecular flexibility index (Phi) is 3.39. The highest BCUT2D eigenvalue weighted by atomic mass is 16.4. The van der Waals surface area contributed by atoms with Gasteiger partial charge in [0.1, 0.15) is 11.2 Å². The molecule has 0 unspecified atom stereocenters. The summed E-state index contributed by atoms with van der Waals surface area (Å²) in [4.78, 5) is 0. The SMILES string of the molecule is OB(O)c1ccc2c(c1)c1ccccc1n2-c1cccc2oc3ccccc3c12. The predicted octanol–water partition coefficient (Wildman–Crippen LogP) is 4.36. The topological polar surface area (TPSA) is 58.5 Å².